The summed E-state index contributed by atoms with van der Waals surface area (Å²) in [6, 6.07) is 9.24. The van der Waals surface area contributed by atoms with Gasteiger partial charge in [0.25, 0.3) is 0 Å². The molecule has 0 fully saturated rings. The minimum atomic E-state index is -1.07. The molecular formula is C15H13FO3. The SMILES string of the molecule is COc1ccc(F)c(-c2cccc(C)c2C(=O)O)c1. The second kappa shape index (κ2) is 5.10. The monoisotopic (exact) mass is 260 g/mol. The molecule has 0 aliphatic rings. The lowest BCUT2D eigenvalue weighted by molar-refractivity contribution is 0.0697. The van der Waals surface area contributed by atoms with E-state index in [4.69, 9.17) is 4.74 Å². The number of methoxy groups -OCH3 is 1. The van der Waals surface area contributed by atoms with Gasteiger partial charge in [0.1, 0.15) is 11.6 Å². The molecular weight excluding hydrogens is 247 g/mol. The van der Waals surface area contributed by atoms with Crippen molar-refractivity contribution in [2.45, 2.75) is 6.92 Å². The summed E-state index contributed by atoms with van der Waals surface area (Å²) in [5.74, 6) is -1.07. The normalized spacial score (nSPS) is 10.3. The molecule has 1 N–H and O–H groups in total. The molecule has 0 aromatic heterocycles. The minimum absolute atomic E-state index is 0.106. The third kappa shape index (κ3) is 2.42. The third-order valence-electron chi connectivity index (χ3n) is 2.95. The molecule has 3 nitrogen and oxygen atoms in total. The zero-order valence-electron chi connectivity index (χ0n) is 10.6. The van der Waals surface area contributed by atoms with Crippen LogP contribution in [0.25, 0.3) is 11.1 Å². The molecule has 0 atom stereocenters. The van der Waals surface area contributed by atoms with Gasteiger partial charge in [0, 0.05) is 5.56 Å². The van der Waals surface area contributed by atoms with E-state index in [0.717, 1.165) is 0 Å². The molecule has 0 bridgehead atoms. The Hall–Kier alpha value is -2.36. The van der Waals surface area contributed by atoms with Crippen LogP contribution in [-0.2, 0) is 0 Å². The van der Waals surface area contributed by atoms with Crippen LogP contribution in [0.15, 0.2) is 36.4 Å². The first-order chi connectivity index (χ1) is 9.04. The zero-order valence-corrected chi connectivity index (χ0v) is 10.6. The molecule has 0 saturated carbocycles. The summed E-state index contributed by atoms with van der Waals surface area (Å²) in [4.78, 5) is 11.3. The molecule has 0 spiro atoms. The third-order valence-corrected chi connectivity index (χ3v) is 2.95. The summed E-state index contributed by atoms with van der Waals surface area (Å²) in [5, 5.41) is 9.27. The smallest absolute Gasteiger partial charge is 0.336 e. The highest BCUT2D eigenvalue weighted by molar-refractivity contribution is 5.97. The van der Waals surface area contributed by atoms with Gasteiger partial charge in [-0.15, -0.1) is 0 Å². The number of hydrogen-bond acceptors (Lipinski definition) is 2. The summed E-state index contributed by atoms with van der Waals surface area (Å²) in [6.45, 7) is 1.69. The Morgan fingerprint density at radius 1 is 1.21 bits per heavy atom. The van der Waals surface area contributed by atoms with E-state index in [9.17, 15) is 14.3 Å². The van der Waals surface area contributed by atoms with Crippen molar-refractivity contribution in [3.8, 4) is 16.9 Å². The van der Waals surface area contributed by atoms with Crippen LogP contribution in [0.1, 0.15) is 15.9 Å². The molecule has 0 heterocycles. The Kier molecular flexibility index (Phi) is 3.51. The molecule has 2 aromatic rings. The van der Waals surface area contributed by atoms with Crippen molar-refractivity contribution >= 4 is 5.97 Å². The number of aromatic carboxylic acids is 1. The fourth-order valence-electron chi connectivity index (χ4n) is 2.01. The van der Waals surface area contributed by atoms with Crippen LogP contribution in [0.3, 0.4) is 0 Å². The van der Waals surface area contributed by atoms with Crippen molar-refractivity contribution in [1.29, 1.82) is 0 Å². The molecule has 2 rings (SSSR count). The second-order valence-corrected chi connectivity index (χ2v) is 4.15. The van der Waals surface area contributed by atoms with Crippen molar-refractivity contribution in [3.63, 3.8) is 0 Å². The van der Waals surface area contributed by atoms with Crippen LogP contribution in [0.2, 0.25) is 0 Å². The number of rotatable bonds is 3. The Morgan fingerprint density at radius 3 is 2.58 bits per heavy atom. The number of carboxylic acid groups (broad SMARTS) is 1. The van der Waals surface area contributed by atoms with E-state index in [1.165, 1.54) is 25.3 Å². The summed E-state index contributed by atoms with van der Waals surface area (Å²) in [6.07, 6.45) is 0. The quantitative estimate of drug-likeness (QED) is 0.918. The summed E-state index contributed by atoms with van der Waals surface area (Å²) >= 11 is 0. The lowest BCUT2D eigenvalue weighted by atomic mass is 9.95. The topological polar surface area (TPSA) is 46.5 Å². The van der Waals surface area contributed by atoms with Gasteiger partial charge in [-0.1, -0.05) is 18.2 Å². The van der Waals surface area contributed by atoms with Crippen molar-refractivity contribution in [2.24, 2.45) is 0 Å². The van der Waals surface area contributed by atoms with Crippen molar-refractivity contribution in [3.05, 3.63) is 53.3 Å². The van der Waals surface area contributed by atoms with Crippen LogP contribution in [0.4, 0.5) is 4.39 Å². The van der Waals surface area contributed by atoms with Gasteiger partial charge in [-0.3, -0.25) is 0 Å². The molecule has 2 aromatic carbocycles. The Balaban J connectivity index is 2.72. The van der Waals surface area contributed by atoms with E-state index in [2.05, 4.69) is 0 Å². The number of aryl methyl sites for hydroxylation is 1. The highest BCUT2D eigenvalue weighted by atomic mass is 19.1. The van der Waals surface area contributed by atoms with E-state index in [0.29, 0.717) is 16.9 Å². The van der Waals surface area contributed by atoms with E-state index in [1.54, 1.807) is 25.1 Å². The standard InChI is InChI=1S/C15H13FO3/c1-9-4-3-5-11(14(9)15(17)18)12-8-10(19-2)6-7-13(12)16/h3-8H,1-2H3,(H,17,18). The molecule has 0 unspecified atom stereocenters. The average molecular weight is 260 g/mol. The van der Waals surface area contributed by atoms with E-state index < -0.39 is 11.8 Å². The number of carboxylic acids is 1. The Labute approximate surface area is 110 Å². The maximum absolute atomic E-state index is 13.9. The van der Waals surface area contributed by atoms with Crippen LogP contribution in [0.5, 0.6) is 5.75 Å². The van der Waals surface area contributed by atoms with Crippen molar-refractivity contribution in [1.82, 2.24) is 0 Å². The first-order valence-corrected chi connectivity index (χ1v) is 5.71. The molecule has 98 valence electrons. The number of benzene rings is 2. The highest BCUT2D eigenvalue weighted by Gasteiger charge is 2.17. The molecule has 0 aliphatic heterocycles. The fourth-order valence-corrected chi connectivity index (χ4v) is 2.01. The fraction of sp³-hybridized carbons (Fsp3) is 0.133. The number of halogens is 1. The van der Waals surface area contributed by atoms with Crippen LogP contribution < -0.4 is 4.74 Å². The molecule has 4 heteroatoms. The van der Waals surface area contributed by atoms with Gasteiger partial charge in [-0.2, -0.15) is 0 Å². The van der Waals surface area contributed by atoms with Crippen LogP contribution in [-0.4, -0.2) is 18.2 Å². The van der Waals surface area contributed by atoms with E-state index in [-0.39, 0.29) is 11.1 Å². The van der Waals surface area contributed by atoms with Crippen LogP contribution >= 0.6 is 0 Å². The minimum Gasteiger partial charge on any atom is -0.497 e. The first-order valence-electron chi connectivity index (χ1n) is 5.71. The summed E-state index contributed by atoms with van der Waals surface area (Å²) in [5.41, 5.74) is 1.27. The lowest BCUT2D eigenvalue weighted by Crippen LogP contribution is -2.03. The lowest BCUT2D eigenvalue weighted by Gasteiger charge is -2.11. The Bertz CT molecular complexity index is 635. The first kappa shape index (κ1) is 13.1. The van der Waals surface area contributed by atoms with Gasteiger partial charge < -0.3 is 9.84 Å². The molecule has 0 aliphatic carbocycles. The largest absolute Gasteiger partial charge is 0.497 e. The molecule has 0 radical (unpaired) electrons. The summed E-state index contributed by atoms with van der Waals surface area (Å²) in [7, 11) is 1.48. The van der Waals surface area contributed by atoms with Gasteiger partial charge in [-0.25, -0.2) is 9.18 Å². The van der Waals surface area contributed by atoms with Gasteiger partial charge in [0.2, 0.25) is 0 Å². The predicted molar refractivity (Wildman–Crippen MR) is 70.1 cm³/mol. The molecule has 0 saturated heterocycles. The number of carbonyl (C=O) groups is 1. The maximum atomic E-state index is 13.9. The van der Waals surface area contributed by atoms with Gasteiger partial charge in [0.05, 0.1) is 12.7 Å². The van der Waals surface area contributed by atoms with E-state index in [1.807, 2.05) is 0 Å². The maximum Gasteiger partial charge on any atom is 0.336 e. The summed E-state index contributed by atoms with van der Waals surface area (Å²) < 4.78 is 19.0. The van der Waals surface area contributed by atoms with Gasteiger partial charge in [-0.05, 0) is 36.2 Å². The predicted octanol–water partition coefficient (Wildman–Crippen LogP) is 3.51. The molecule has 0 amide bonds. The van der Waals surface area contributed by atoms with Crippen molar-refractivity contribution < 1.29 is 19.0 Å². The van der Waals surface area contributed by atoms with Crippen LogP contribution in [0, 0.1) is 12.7 Å². The number of hydrogen-bond donors (Lipinski definition) is 1. The zero-order chi connectivity index (χ0) is 14.0. The average Bonchev–Trinajstić information content (AvgIpc) is 2.38. The molecule has 19 heavy (non-hydrogen) atoms. The highest BCUT2D eigenvalue weighted by Crippen LogP contribution is 2.31. The van der Waals surface area contributed by atoms with Gasteiger partial charge in [0.15, 0.2) is 0 Å². The van der Waals surface area contributed by atoms with E-state index >= 15 is 0 Å². The van der Waals surface area contributed by atoms with Crippen molar-refractivity contribution in [2.75, 3.05) is 7.11 Å². The number of ether oxygens (including phenoxy) is 1. The second-order valence-electron chi connectivity index (χ2n) is 4.15. The van der Waals surface area contributed by atoms with Gasteiger partial charge >= 0.3 is 5.97 Å². The Morgan fingerprint density at radius 2 is 1.95 bits per heavy atom.